The van der Waals surface area contributed by atoms with Crippen molar-refractivity contribution in [1.82, 2.24) is 0 Å². The van der Waals surface area contributed by atoms with E-state index in [1.165, 1.54) is 0 Å². The van der Waals surface area contributed by atoms with Crippen molar-refractivity contribution in [2.24, 2.45) is 10.9 Å². The van der Waals surface area contributed by atoms with Crippen LogP contribution >= 0.6 is 11.3 Å². The lowest BCUT2D eigenvalue weighted by Crippen LogP contribution is -2.14. The van der Waals surface area contributed by atoms with E-state index in [0.29, 0.717) is 17.9 Å². The molecule has 4 nitrogen and oxygen atoms in total. The van der Waals surface area contributed by atoms with Gasteiger partial charge in [-0.25, -0.2) is 0 Å². The average Bonchev–Trinajstić information content (AvgIpc) is 2.89. The monoisotopic (exact) mass is 248 g/mol. The lowest BCUT2D eigenvalue weighted by Gasteiger charge is -2.09. The smallest absolute Gasteiger partial charge is 0.173 e. The van der Waals surface area contributed by atoms with Crippen molar-refractivity contribution in [3.05, 3.63) is 52.2 Å². The normalized spacial score (nSPS) is 11.4. The Morgan fingerprint density at radius 1 is 1.35 bits per heavy atom. The molecule has 1 aromatic carbocycles. The average molecular weight is 248 g/mol. The molecular weight excluding hydrogens is 236 g/mol. The van der Waals surface area contributed by atoms with Crippen LogP contribution < -0.4 is 10.5 Å². The summed E-state index contributed by atoms with van der Waals surface area (Å²) >= 11 is 1.62. The third-order valence-electron chi connectivity index (χ3n) is 2.25. The quantitative estimate of drug-likeness (QED) is 0.378. The minimum absolute atomic E-state index is 0.0471. The van der Waals surface area contributed by atoms with Gasteiger partial charge in [0.1, 0.15) is 12.4 Å². The fraction of sp³-hybridized carbons (Fsp3) is 0.0833. The summed E-state index contributed by atoms with van der Waals surface area (Å²) in [6.45, 7) is 0.471. The number of rotatable bonds is 4. The van der Waals surface area contributed by atoms with E-state index < -0.39 is 0 Å². The maximum atomic E-state index is 8.67. The Hall–Kier alpha value is -2.01. The lowest BCUT2D eigenvalue weighted by molar-refractivity contribution is 0.303. The van der Waals surface area contributed by atoms with E-state index in [0.717, 1.165) is 5.56 Å². The molecule has 0 spiro atoms. The second-order valence-corrected chi connectivity index (χ2v) is 4.18. The molecule has 0 fully saturated rings. The molecule has 3 N–H and O–H groups in total. The maximum Gasteiger partial charge on any atom is 0.173 e. The molecule has 2 rings (SSSR count). The van der Waals surface area contributed by atoms with E-state index in [1.54, 1.807) is 23.5 Å². The van der Waals surface area contributed by atoms with Gasteiger partial charge in [0, 0.05) is 0 Å². The van der Waals surface area contributed by atoms with Gasteiger partial charge >= 0.3 is 0 Å². The van der Waals surface area contributed by atoms with Crippen LogP contribution in [0, 0.1) is 0 Å². The van der Waals surface area contributed by atoms with Crippen LogP contribution in [-0.4, -0.2) is 11.0 Å². The summed E-state index contributed by atoms with van der Waals surface area (Å²) in [5, 5.41) is 15.7. The Morgan fingerprint density at radius 3 is 2.88 bits per heavy atom. The van der Waals surface area contributed by atoms with Gasteiger partial charge in [0.2, 0.25) is 0 Å². The van der Waals surface area contributed by atoms with Gasteiger partial charge in [0.05, 0.1) is 5.56 Å². The van der Waals surface area contributed by atoms with Gasteiger partial charge < -0.3 is 15.7 Å². The van der Waals surface area contributed by atoms with Crippen molar-refractivity contribution in [2.75, 3.05) is 0 Å². The minimum atomic E-state index is 0.0471. The highest BCUT2D eigenvalue weighted by Crippen LogP contribution is 2.19. The first-order chi connectivity index (χ1) is 8.31. The fourth-order valence-electron chi connectivity index (χ4n) is 1.39. The number of oxime groups is 1. The number of thiophene rings is 1. The van der Waals surface area contributed by atoms with Gasteiger partial charge in [-0.1, -0.05) is 17.3 Å². The zero-order chi connectivity index (χ0) is 12.1. The van der Waals surface area contributed by atoms with Gasteiger partial charge in [-0.15, -0.1) is 0 Å². The van der Waals surface area contributed by atoms with Crippen LogP contribution in [-0.2, 0) is 6.61 Å². The van der Waals surface area contributed by atoms with E-state index in [9.17, 15) is 0 Å². The molecule has 0 amide bonds. The highest BCUT2D eigenvalue weighted by Gasteiger charge is 2.07. The Kier molecular flexibility index (Phi) is 3.62. The van der Waals surface area contributed by atoms with Crippen molar-refractivity contribution in [3.8, 4) is 5.75 Å². The Morgan fingerprint density at radius 2 is 2.18 bits per heavy atom. The van der Waals surface area contributed by atoms with E-state index >= 15 is 0 Å². The summed E-state index contributed by atoms with van der Waals surface area (Å²) in [6, 6.07) is 9.19. The molecule has 0 bridgehead atoms. The molecule has 0 aliphatic heterocycles. The van der Waals surface area contributed by atoms with Crippen LogP contribution in [0.2, 0.25) is 0 Å². The standard InChI is InChI=1S/C12H12N2O2S/c13-12(14-15)10-3-1-2-4-11(10)16-7-9-5-6-17-8-9/h1-6,8,15H,7H2,(H2,13,14). The molecule has 88 valence electrons. The van der Waals surface area contributed by atoms with Crippen LogP contribution in [0.4, 0.5) is 0 Å². The van der Waals surface area contributed by atoms with Gasteiger partial charge in [-0.3, -0.25) is 0 Å². The maximum absolute atomic E-state index is 8.67. The van der Waals surface area contributed by atoms with E-state index in [4.69, 9.17) is 15.7 Å². The first-order valence-corrected chi connectivity index (χ1v) is 5.96. The summed E-state index contributed by atoms with van der Waals surface area (Å²) in [6.07, 6.45) is 0. The summed E-state index contributed by atoms with van der Waals surface area (Å²) in [5.41, 5.74) is 7.26. The minimum Gasteiger partial charge on any atom is -0.488 e. The lowest BCUT2D eigenvalue weighted by atomic mass is 10.2. The van der Waals surface area contributed by atoms with Gasteiger partial charge in [0.15, 0.2) is 5.84 Å². The highest BCUT2D eigenvalue weighted by molar-refractivity contribution is 7.07. The van der Waals surface area contributed by atoms with Crippen LogP contribution in [0.15, 0.2) is 46.2 Å². The zero-order valence-corrected chi connectivity index (χ0v) is 9.85. The first kappa shape index (κ1) is 11.5. The number of hydrogen-bond donors (Lipinski definition) is 2. The third-order valence-corrected chi connectivity index (χ3v) is 2.98. The molecule has 5 heteroatoms. The van der Waals surface area contributed by atoms with Crippen molar-refractivity contribution in [2.45, 2.75) is 6.61 Å². The van der Waals surface area contributed by atoms with Gasteiger partial charge in [0.25, 0.3) is 0 Å². The summed E-state index contributed by atoms with van der Waals surface area (Å²) in [7, 11) is 0. The van der Waals surface area contributed by atoms with Crippen molar-refractivity contribution >= 4 is 17.2 Å². The number of ether oxygens (including phenoxy) is 1. The molecular formula is C12H12N2O2S. The number of benzene rings is 1. The summed E-state index contributed by atoms with van der Waals surface area (Å²) in [4.78, 5) is 0. The number of hydrogen-bond acceptors (Lipinski definition) is 4. The molecule has 2 aromatic rings. The van der Waals surface area contributed by atoms with E-state index in [2.05, 4.69) is 5.16 Å². The molecule has 1 aromatic heterocycles. The Balaban J connectivity index is 2.15. The number of amidine groups is 1. The van der Waals surface area contributed by atoms with Crippen LogP contribution in [0.1, 0.15) is 11.1 Å². The largest absolute Gasteiger partial charge is 0.488 e. The van der Waals surface area contributed by atoms with Crippen molar-refractivity contribution in [1.29, 1.82) is 0 Å². The molecule has 0 aliphatic carbocycles. The van der Waals surface area contributed by atoms with Crippen LogP contribution in [0.5, 0.6) is 5.75 Å². The summed E-state index contributed by atoms with van der Waals surface area (Å²) < 4.78 is 5.64. The molecule has 0 saturated carbocycles. The zero-order valence-electron chi connectivity index (χ0n) is 9.04. The van der Waals surface area contributed by atoms with Gasteiger partial charge in [-0.05, 0) is 34.5 Å². The second kappa shape index (κ2) is 5.36. The van der Waals surface area contributed by atoms with Crippen LogP contribution in [0.3, 0.4) is 0 Å². The Bertz CT molecular complexity index is 509. The number of para-hydroxylation sites is 1. The second-order valence-electron chi connectivity index (χ2n) is 3.40. The predicted octanol–water partition coefficient (Wildman–Crippen LogP) is 2.42. The van der Waals surface area contributed by atoms with Gasteiger partial charge in [-0.2, -0.15) is 11.3 Å². The molecule has 0 saturated heterocycles. The topological polar surface area (TPSA) is 67.8 Å². The fourth-order valence-corrected chi connectivity index (χ4v) is 2.05. The van der Waals surface area contributed by atoms with Crippen molar-refractivity contribution in [3.63, 3.8) is 0 Å². The predicted molar refractivity (Wildman–Crippen MR) is 67.6 cm³/mol. The Labute approximate surface area is 103 Å². The molecule has 0 atom stereocenters. The third kappa shape index (κ3) is 2.76. The van der Waals surface area contributed by atoms with E-state index in [1.807, 2.05) is 29.0 Å². The molecule has 0 radical (unpaired) electrons. The van der Waals surface area contributed by atoms with E-state index in [-0.39, 0.29) is 5.84 Å². The molecule has 1 heterocycles. The molecule has 0 aliphatic rings. The first-order valence-electron chi connectivity index (χ1n) is 5.02. The number of nitrogens with two attached hydrogens (primary N) is 1. The summed E-state index contributed by atoms with van der Waals surface area (Å²) in [5.74, 6) is 0.653. The highest BCUT2D eigenvalue weighted by atomic mass is 32.1. The molecule has 17 heavy (non-hydrogen) atoms. The SMILES string of the molecule is N/C(=N\O)c1ccccc1OCc1ccsc1. The number of nitrogens with zero attached hydrogens (tertiary/aromatic N) is 1. The van der Waals surface area contributed by atoms with Crippen molar-refractivity contribution < 1.29 is 9.94 Å². The van der Waals surface area contributed by atoms with Crippen LogP contribution in [0.25, 0.3) is 0 Å². The molecule has 0 unspecified atom stereocenters.